The third kappa shape index (κ3) is 4.12. The van der Waals surface area contributed by atoms with Gasteiger partial charge in [-0.25, -0.2) is 15.0 Å². The van der Waals surface area contributed by atoms with Crippen molar-refractivity contribution < 1.29 is 4.79 Å². The molecule has 4 heterocycles. The van der Waals surface area contributed by atoms with Crippen LogP contribution in [0.3, 0.4) is 0 Å². The Bertz CT molecular complexity index is 1280. The fourth-order valence-corrected chi connectivity index (χ4v) is 3.66. The zero-order chi connectivity index (χ0) is 22.1. The molecule has 1 N–H and O–H groups in total. The van der Waals surface area contributed by atoms with Crippen LogP contribution in [-0.2, 0) is 7.05 Å². The van der Waals surface area contributed by atoms with Crippen molar-refractivity contribution in [2.75, 3.05) is 43.4 Å². The predicted octanol–water partition coefficient (Wildman–Crippen LogP) is 1.82. The molecular weight excluding hydrogens is 406 g/mol. The molecule has 10 nitrogen and oxygen atoms in total. The number of rotatable bonds is 4. The summed E-state index contributed by atoms with van der Waals surface area (Å²) < 4.78 is 1.65. The number of benzene rings is 1. The fraction of sp³-hybridized carbons (Fsp3) is 0.273. The van der Waals surface area contributed by atoms with Crippen LogP contribution in [0.25, 0.3) is 22.2 Å². The number of hydrogen-bond donors (Lipinski definition) is 1. The molecule has 0 radical (unpaired) electrons. The first-order chi connectivity index (χ1) is 15.5. The van der Waals surface area contributed by atoms with Crippen molar-refractivity contribution in [3.05, 3.63) is 54.5 Å². The number of carbonyl (C=O) groups is 1. The van der Waals surface area contributed by atoms with Gasteiger partial charge in [-0.15, -0.1) is 5.10 Å². The summed E-state index contributed by atoms with van der Waals surface area (Å²) in [5, 5.41) is 11.8. The maximum Gasteiger partial charge on any atom is 0.258 e. The first kappa shape index (κ1) is 20.0. The first-order valence-corrected chi connectivity index (χ1v) is 10.4. The Kier molecular flexibility index (Phi) is 5.20. The summed E-state index contributed by atoms with van der Waals surface area (Å²) in [7, 11) is 3.93. The summed E-state index contributed by atoms with van der Waals surface area (Å²) in [5.74, 6) is 0.780. The van der Waals surface area contributed by atoms with Crippen LogP contribution in [0, 0.1) is 0 Å². The van der Waals surface area contributed by atoms with E-state index in [4.69, 9.17) is 0 Å². The van der Waals surface area contributed by atoms with Crippen molar-refractivity contribution in [1.82, 2.24) is 34.8 Å². The van der Waals surface area contributed by atoms with Gasteiger partial charge in [0.25, 0.3) is 5.91 Å². The van der Waals surface area contributed by atoms with Gasteiger partial charge >= 0.3 is 0 Å². The van der Waals surface area contributed by atoms with Crippen LogP contribution in [0.5, 0.6) is 0 Å². The number of nitrogens with zero attached hydrogens (tertiary/aromatic N) is 8. The van der Waals surface area contributed by atoms with Gasteiger partial charge in [0.1, 0.15) is 11.5 Å². The monoisotopic (exact) mass is 429 g/mol. The van der Waals surface area contributed by atoms with Crippen molar-refractivity contribution in [3.63, 3.8) is 0 Å². The molecule has 3 aromatic heterocycles. The van der Waals surface area contributed by atoms with E-state index in [-0.39, 0.29) is 11.9 Å². The van der Waals surface area contributed by atoms with Gasteiger partial charge in [-0.05, 0) is 25.2 Å². The number of likely N-dealkylation sites (N-methyl/N-ethyl adjacent to an activating group) is 1. The minimum absolute atomic E-state index is 0.247. The summed E-state index contributed by atoms with van der Waals surface area (Å²) in [6.07, 6.45) is 5.20. The van der Waals surface area contributed by atoms with Crippen LogP contribution in [0.1, 0.15) is 10.4 Å². The molecule has 0 unspecified atom stereocenters. The van der Waals surface area contributed by atoms with Gasteiger partial charge in [0, 0.05) is 62.1 Å². The summed E-state index contributed by atoms with van der Waals surface area (Å²) in [5.41, 5.74) is 2.89. The minimum atomic E-state index is -0.271. The third-order valence-electron chi connectivity index (χ3n) is 5.54. The van der Waals surface area contributed by atoms with Crippen molar-refractivity contribution in [3.8, 4) is 11.3 Å². The predicted molar refractivity (Wildman–Crippen MR) is 121 cm³/mol. The van der Waals surface area contributed by atoms with E-state index < -0.39 is 0 Å². The molecule has 1 aromatic carbocycles. The molecule has 162 valence electrons. The second kappa shape index (κ2) is 8.31. The second-order valence-electron chi connectivity index (χ2n) is 7.89. The lowest BCUT2D eigenvalue weighted by Gasteiger charge is -2.33. The van der Waals surface area contributed by atoms with Crippen LogP contribution in [0.15, 0.2) is 48.9 Å². The number of piperazine rings is 1. The van der Waals surface area contributed by atoms with E-state index in [1.807, 2.05) is 37.5 Å². The normalized spacial score (nSPS) is 14.6. The second-order valence-corrected chi connectivity index (χ2v) is 7.89. The Morgan fingerprint density at radius 3 is 2.66 bits per heavy atom. The Hall–Kier alpha value is -3.92. The topological polar surface area (TPSA) is 105 Å². The number of hydrogen-bond acceptors (Lipinski definition) is 8. The summed E-state index contributed by atoms with van der Waals surface area (Å²) in [6, 6.07) is 9.30. The Balaban J connectivity index is 1.36. The molecule has 0 spiro atoms. The molecule has 1 saturated heterocycles. The number of aryl methyl sites for hydroxylation is 1. The van der Waals surface area contributed by atoms with E-state index in [9.17, 15) is 4.79 Å². The quantitative estimate of drug-likeness (QED) is 0.524. The van der Waals surface area contributed by atoms with E-state index in [0.717, 1.165) is 48.6 Å². The summed E-state index contributed by atoms with van der Waals surface area (Å²) in [4.78, 5) is 30.6. The molecule has 10 heteroatoms. The lowest BCUT2D eigenvalue weighted by atomic mass is 10.1. The van der Waals surface area contributed by atoms with E-state index in [1.165, 1.54) is 0 Å². The summed E-state index contributed by atoms with van der Waals surface area (Å²) in [6.45, 7) is 3.71. The van der Waals surface area contributed by atoms with E-state index in [1.54, 1.807) is 23.1 Å². The van der Waals surface area contributed by atoms with Crippen molar-refractivity contribution in [1.29, 1.82) is 0 Å². The SMILES string of the molecule is CN1CCN(c2cc(C(=O)Nc3ncc4ccc(-c5cn(C)nn5)cc4n3)ccn2)CC1. The third-order valence-corrected chi connectivity index (χ3v) is 5.54. The van der Waals surface area contributed by atoms with Gasteiger partial charge < -0.3 is 9.80 Å². The van der Waals surface area contributed by atoms with E-state index in [2.05, 4.69) is 47.4 Å². The van der Waals surface area contributed by atoms with Crippen LogP contribution >= 0.6 is 0 Å². The van der Waals surface area contributed by atoms with Crippen molar-refractivity contribution >= 4 is 28.6 Å². The molecule has 0 saturated carbocycles. The Morgan fingerprint density at radius 1 is 1.03 bits per heavy atom. The lowest BCUT2D eigenvalue weighted by molar-refractivity contribution is 0.102. The standard InChI is InChI=1S/C22H23N9O/c1-29-7-9-31(10-8-29)20-12-16(5-6-23-20)21(32)26-22-24-13-17-4-3-15(11-18(17)25-22)19-14-30(2)28-27-19/h3-6,11-14H,7-10H2,1-2H3,(H,24,25,26,32). The smallest absolute Gasteiger partial charge is 0.258 e. The molecule has 4 aromatic rings. The molecule has 32 heavy (non-hydrogen) atoms. The molecule has 0 aliphatic carbocycles. The Morgan fingerprint density at radius 2 is 1.88 bits per heavy atom. The van der Waals surface area contributed by atoms with Crippen LogP contribution in [-0.4, -0.2) is 74.0 Å². The highest BCUT2D eigenvalue weighted by atomic mass is 16.1. The number of amides is 1. The number of carbonyl (C=O) groups excluding carboxylic acids is 1. The largest absolute Gasteiger partial charge is 0.354 e. The van der Waals surface area contributed by atoms with Crippen LogP contribution in [0.4, 0.5) is 11.8 Å². The maximum atomic E-state index is 12.9. The first-order valence-electron chi connectivity index (χ1n) is 10.4. The van der Waals surface area contributed by atoms with Crippen molar-refractivity contribution in [2.24, 2.45) is 7.05 Å². The lowest BCUT2D eigenvalue weighted by Crippen LogP contribution is -2.44. The van der Waals surface area contributed by atoms with Crippen LogP contribution in [0.2, 0.25) is 0 Å². The molecule has 1 aliphatic heterocycles. The van der Waals surface area contributed by atoms with Gasteiger partial charge in [0.15, 0.2) is 0 Å². The van der Waals surface area contributed by atoms with Gasteiger partial charge in [0.2, 0.25) is 5.95 Å². The van der Waals surface area contributed by atoms with Gasteiger partial charge in [-0.2, -0.15) is 0 Å². The highest BCUT2D eigenvalue weighted by molar-refractivity contribution is 6.04. The maximum absolute atomic E-state index is 12.9. The molecule has 0 bridgehead atoms. The van der Waals surface area contributed by atoms with Crippen LogP contribution < -0.4 is 10.2 Å². The van der Waals surface area contributed by atoms with Gasteiger partial charge in [0.05, 0.1) is 11.7 Å². The highest BCUT2D eigenvalue weighted by Crippen LogP contribution is 2.22. The Labute approximate surface area is 184 Å². The summed E-state index contributed by atoms with van der Waals surface area (Å²) >= 11 is 0. The van der Waals surface area contributed by atoms with E-state index in [0.29, 0.717) is 11.1 Å². The number of nitrogens with one attached hydrogen (secondary N) is 1. The number of aromatic nitrogens is 6. The highest BCUT2D eigenvalue weighted by Gasteiger charge is 2.17. The van der Waals surface area contributed by atoms with Gasteiger partial charge in [-0.3, -0.25) is 14.8 Å². The molecule has 0 atom stereocenters. The fourth-order valence-electron chi connectivity index (χ4n) is 3.66. The van der Waals surface area contributed by atoms with Gasteiger partial charge in [-0.1, -0.05) is 17.3 Å². The number of fused-ring (bicyclic) bond motifs is 1. The molecule has 1 fully saturated rings. The molecule has 1 aliphatic rings. The number of pyridine rings is 1. The average Bonchev–Trinajstić information content (AvgIpc) is 3.25. The van der Waals surface area contributed by atoms with Crippen molar-refractivity contribution in [2.45, 2.75) is 0 Å². The zero-order valence-electron chi connectivity index (χ0n) is 17.9. The number of anilines is 2. The minimum Gasteiger partial charge on any atom is -0.354 e. The average molecular weight is 429 g/mol. The molecule has 5 rings (SSSR count). The molecule has 1 amide bonds. The molecular formula is C22H23N9O. The van der Waals surface area contributed by atoms with E-state index >= 15 is 0 Å². The zero-order valence-corrected chi connectivity index (χ0v) is 17.9.